The van der Waals surface area contributed by atoms with E-state index >= 15 is 0 Å². The lowest BCUT2D eigenvalue weighted by atomic mass is 10.2. The molecule has 0 aliphatic rings. The van der Waals surface area contributed by atoms with Crippen LogP contribution in [0.4, 0.5) is 10.2 Å². The first-order chi connectivity index (χ1) is 10.9. The summed E-state index contributed by atoms with van der Waals surface area (Å²) in [6, 6.07) is 5.91. The standard InChI is InChI=1S/C15H13FN4O2S/c1-19-12(17)11(14(21)20(2)15(19)22)10-7-23-13(18-10)8-3-5-9(16)6-4-8/h3-7H,17H2,1-2H3. The molecule has 0 atom stereocenters. The molecule has 0 unspecified atom stereocenters. The Morgan fingerprint density at radius 1 is 1.13 bits per heavy atom. The SMILES string of the molecule is Cn1c(N)c(-c2csc(-c3ccc(F)cc3)n2)c(=O)n(C)c1=O. The molecule has 0 amide bonds. The number of hydrogen-bond acceptors (Lipinski definition) is 5. The summed E-state index contributed by atoms with van der Waals surface area (Å²) in [6.07, 6.45) is 0. The average molecular weight is 332 g/mol. The summed E-state index contributed by atoms with van der Waals surface area (Å²) in [5.41, 5.74) is 6.23. The van der Waals surface area contributed by atoms with Crippen molar-refractivity contribution in [3.8, 4) is 21.8 Å². The molecule has 3 aromatic rings. The summed E-state index contributed by atoms with van der Waals surface area (Å²) < 4.78 is 15.2. The molecule has 8 heteroatoms. The Kier molecular flexibility index (Phi) is 3.61. The average Bonchev–Trinajstić information content (AvgIpc) is 3.01. The number of aromatic nitrogens is 3. The summed E-state index contributed by atoms with van der Waals surface area (Å²) in [5, 5.41) is 2.33. The third-order valence-electron chi connectivity index (χ3n) is 3.56. The van der Waals surface area contributed by atoms with Crippen LogP contribution in [0.5, 0.6) is 0 Å². The van der Waals surface area contributed by atoms with Crippen molar-refractivity contribution < 1.29 is 4.39 Å². The number of halogens is 1. The number of nitrogens with zero attached hydrogens (tertiary/aromatic N) is 3. The molecule has 0 saturated carbocycles. The molecule has 2 heterocycles. The molecule has 0 spiro atoms. The third kappa shape index (κ3) is 2.46. The van der Waals surface area contributed by atoms with Gasteiger partial charge in [0.05, 0.1) is 5.69 Å². The molecule has 3 rings (SSSR count). The fourth-order valence-corrected chi connectivity index (χ4v) is 3.03. The molecule has 1 aromatic carbocycles. The molecule has 2 aromatic heterocycles. The Morgan fingerprint density at radius 2 is 1.78 bits per heavy atom. The Labute approximate surface area is 134 Å². The molecule has 118 valence electrons. The van der Waals surface area contributed by atoms with Gasteiger partial charge in [-0.05, 0) is 24.3 Å². The van der Waals surface area contributed by atoms with Crippen molar-refractivity contribution >= 4 is 17.2 Å². The first kappa shape index (κ1) is 15.2. The third-order valence-corrected chi connectivity index (χ3v) is 4.45. The van der Waals surface area contributed by atoms with Gasteiger partial charge in [0.1, 0.15) is 22.2 Å². The Morgan fingerprint density at radius 3 is 2.43 bits per heavy atom. The zero-order valence-electron chi connectivity index (χ0n) is 12.4. The largest absolute Gasteiger partial charge is 0.384 e. The zero-order valence-corrected chi connectivity index (χ0v) is 13.2. The van der Waals surface area contributed by atoms with Gasteiger partial charge in [-0.2, -0.15) is 0 Å². The van der Waals surface area contributed by atoms with Crippen LogP contribution in [0.1, 0.15) is 0 Å². The van der Waals surface area contributed by atoms with Gasteiger partial charge in [0, 0.05) is 25.0 Å². The number of nitrogen functional groups attached to an aromatic ring is 1. The number of benzene rings is 1. The molecule has 0 bridgehead atoms. The monoisotopic (exact) mass is 332 g/mol. The van der Waals surface area contributed by atoms with E-state index in [9.17, 15) is 14.0 Å². The van der Waals surface area contributed by atoms with Crippen molar-refractivity contribution in [2.75, 3.05) is 5.73 Å². The number of thiazole rings is 1. The van der Waals surface area contributed by atoms with Gasteiger partial charge in [-0.25, -0.2) is 14.2 Å². The summed E-state index contributed by atoms with van der Waals surface area (Å²) >= 11 is 1.31. The number of rotatable bonds is 2. The fraction of sp³-hybridized carbons (Fsp3) is 0.133. The molecule has 2 N–H and O–H groups in total. The zero-order chi connectivity index (χ0) is 16.7. The van der Waals surface area contributed by atoms with E-state index in [0.717, 1.165) is 10.1 Å². The lowest BCUT2D eigenvalue weighted by Crippen LogP contribution is -2.39. The molecular weight excluding hydrogens is 319 g/mol. The first-order valence-electron chi connectivity index (χ1n) is 6.67. The van der Waals surface area contributed by atoms with Crippen molar-refractivity contribution in [1.82, 2.24) is 14.1 Å². The minimum absolute atomic E-state index is 0.0639. The van der Waals surface area contributed by atoms with Crippen LogP contribution in [0.2, 0.25) is 0 Å². The van der Waals surface area contributed by atoms with E-state index in [2.05, 4.69) is 4.98 Å². The van der Waals surface area contributed by atoms with Crippen LogP contribution in [-0.2, 0) is 14.1 Å². The molecule has 23 heavy (non-hydrogen) atoms. The highest BCUT2D eigenvalue weighted by molar-refractivity contribution is 7.13. The van der Waals surface area contributed by atoms with Crippen molar-refractivity contribution in [3.63, 3.8) is 0 Å². The number of nitrogens with two attached hydrogens (primary N) is 1. The molecule has 0 fully saturated rings. The second-order valence-electron chi connectivity index (χ2n) is 5.01. The highest BCUT2D eigenvalue weighted by atomic mass is 32.1. The summed E-state index contributed by atoms with van der Waals surface area (Å²) in [6.45, 7) is 0. The van der Waals surface area contributed by atoms with Crippen LogP contribution in [0, 0.1) is 5.82 Å². The Balaban J connectivity index is 2.17. The minimum Gasteiger partial charge on any atom is -0.384 e. The van der Waals surface area contributed by atoms with Gasteiger partial charge >= 0.3 is 5.69 Å². The fourth-order valence-electron chi connectivity index (χ4n) is 2.21. The van der Waals surface area contributed by atoms with E-state index in [1.165, 1.54) is 42.1 Å². The summed E-state index contributed by atoms with van der Waals surface area (Å²) in [7, 11) is 2.88. The summed E-state index contributed by atoms with van der Waals surface area (Å²) in [5.74, 6) is -0.268. The molecule has 0 aliphatic heterocycles. The lowest BCUT2D eigenvalue weighted by Gasteiger charge is -2.09. The second kappa shape index (κ2) is 5.47. The van der Waals surface area contributed by atoms with Gasteiger partial charge in [-0.3, -0.25) is 13.9 Å². The van der Waals surface area contributed by atoms with Crippen LogP contribution < -0.4 is 17.0 Å². The van der Waals surface area contributed by atoms with E-state index in [1.54, 1.807) is 17.5 Å². The molecule has 0 radical (unpaired) electrons. The second-order valence-corrected chi connectivity index (χ2v) is 5.87. The van der Waals surface area contributed by atoms with E-state index in [1.807, 2.05) is 0 Å². The lowest BCUT2D eigenvalue weighted by molar-refractivity contribution is 0.628. The van der Waals surface area contributed by atoms with E-state index < -0.39 is 11.2 Å². The quantitative estimate of drug-likeness (QED) is 0.772. The maximum absolute atomic E-state index is 13.0. The van der Waals surface area contributed by atoms with Crippen molar-refractivity contribution in [3.05, 3.63) is 56.3 Å². The molecule has 0 saturated heterocycles. The molecule has 6 nitrogen and oxygen atoms in total. The van der Waals surface area contributed by atoms with Gasteiger partial charge in [0.2, 0.25) is 0 Å². The number of anilines is 1. The normalized spacial score (nSPS) is 10.9. The van der Waals surface area contributed by atoms with Crippen molar-refractivity contribution in [1.29, 1.82) is 0 Å². The van der Waals surface area contributed by atoms with Gasteiger partial charge in [-0.1, -0.05) is 0 Å². The van der Waals surface area contributed by atoms with Crippen LogP contribution in [0.15, 0.2) is 39.2 Å². The summed E-state index contributed by atoms with van der Waals surface area (Å²) in [4.78, 5) is 28.6. The maximum Gasteiger partial charge on any atom is 0.332 e. The highest BCUT2D eigenvalue weighted by Crippen LogP contribution is 2.29. The van der Waals surface area contributed by atoms with E-state index in [0.29, 0.717) is 10.7 Å². The minimum atomic E-state index is -0.499. The Bertz CT molecular complexity index is 1000. The van der Waals surface area contributed by atoms with Gasteiger partial charge in [-0.15, -0.1) is 11.3 Å². The van der Waals surface area contributed by atoms with Gasteiger partial charge < -0.3 is 5.73 Å². The Hall–Kier alpha value is -2.74. The van der Waals surface area contributed by atoms with Crippen LogP contribution in [-0.4, -0.2) is 14.1 Å². The first-order valence-corrected chi connectivity index (χ1v) is 7.55. The van der Waals surface area contributed by atoms with Crippen LogP contribution in [0.25, 0.3) is 21.8 Å². The predicted octanol–water partition coefficient (Wildman–Crippen LogP) is 1.60. The highest BCUT2D eigenvalue weighted by Gasteiger charge is 2.18. The predicted molar refractivity (Wildman–Crippen MR) is 87.8 cm³/mol. The number of hydrogen-bond donors (Lipinski definition) is 1. The molecular formula is C15H13FN4O2S. The smallest absolute Gasteiger partial charge is 0.332 e. The van der Waals surface area contributed by atoms with Gasteiger partial charge in [0.15, 0.2) is 0 Å². The van der Waals surface area contributed by atoms with Crippen LogP contribution in [0.3, 0.4) is 0 Å². The maximum atomic E-state index is 13.0. The van der Waals surface area contributed by atoms with E-state index in [-0.39, 0.29) is 17.2 Å². The topological polar surface area (TPSA) is 82.9 Å². The van der Waals surface area contributed by atoms with Crippen molar-refractivity contribution in [2.24, 2.45) is 14.1 Å². The van der Waals surface area contributed by atoms with Crippen molar-refractivity contribution in [2.45, 2.75) is 0 Å². The van der Waals surface area contributed by atoms with E-state index in [4.69, 9.17) is 5.73 Å². The van der Waals surface area contributed by atoms with Crippen LogP contribution >= 0.6 is 11.3 Å². The van der Waals surface area contributed by atoms with Gasteiger partial charge in [0.25, 0.3) is 5.56 Å². The molecule has 0 aliphatic carbocycles.